The van der Waals surface area contributed by atoms with Crippen molar-refractivity contribution < 1.29 is 18.7 Å². The first-order chi connectivity index (χ1) is 12.4. The van der Waals surface area contributed by atoms with Gasteiger partial charge in [-0.25, -0.2) is 4.39 Å². The number of nitrogens with two attached hydrogens (primary N) is 1. The predicted octanol–water partition coefficient (Wildman–Crippen LogP) is 2.75. The first-order valence-corrected chi connectivity index (χ1v) is 8.41. The molecule has 0 aromatic heterocycles. The highest BCUT2D eigenvalue weighted by atomic mass is 19.1. The lowest BCUT2D eigenvalue weighted by atomic mass is 10.0. The third kappa shape index (κ3) is 3.91. The third-order valence-corrected chi connectivity index (χ3v) is 4.74. The summed E-state index contributed by atoms with van der Waals surface area (Å²) < 4.78 is 18.8. The molecule has 0 saturated heterocycles. The van der Waals surface area contributed by atoms with Gasteiger partial charge in [0.1, 0.15) is 5.82 Å². The normalized spacial score (nSPS) is 14.7. The summed E-state index contributed by atoms with van der Waals surface area (Å²) in [5.41, 5.74) is 7.07. The van der Waals surface area contributed by atoms with E-state index in [9.17, 15) is 14.0 Å². The van der Waals surface area contributed by atoms with E-state index >= 15 is 0 Å². The highest BCUT2D eigenvalue weighted by Crippen LogP contribution is 2.45. The number of hydrogen-bond donors (Lipinski definition) is 2. The van der Waals surface area contributed by atoms with Crippen LogP contribution in [0.5, 0.6) is 0 Å². The Morgan fingerprint density at radius 3 is 2.38 bits per heavy atom. The van der Waals surface area contributed by atoms with Gasteiger partial charge < -0.3 is 15.8 Å². The Kier molecular flexibility index (Phi) is 5.04. The van der Waals surface area contributed by atoms with Crippen LogP contribution in [0.2, 0.25) is 0 Å². The van der Waals surface area contributed by atoms with Crippen LogP contribution in [0, 0.1) is 11.2 Å². The third-order valence-electron chi connectivity index (χ3n) is 4.74. The van der Waals surface area contributed by atoms with Crippen LogP contribution in [0.15, 0.2) is 42.5 Å². The Hall–Kier alpha value is -2.73. The van der Waals surface area contributed by atoms with E-state index in [0.29, 0.717) is 24.3 Å². The molecule has 3 N–H and O–H groups in total. The molecule has 0 bridgehead atoms. The van der Waals surface area contributed by atoms with Crippen molar-refractivity contribution in [3.05, 3.63) is 59.4 Å². The topological polar surface area (TPSA) is 81.4 Å². The Morgan fingerprint density at radius 2 is 1.81 bits per heavy atom. The van der Waals surface area contributed by atoms with E-state index in [1.165, 1.54) is 12.1 Å². The molecular weight excluding hydrogens is 335 g/mol. The molecule has 1 fully saturated rings. The molecule has 2 aromatic rings. The molecule has 0 aliphatic heterocycles. The van der Waals surface area contributed by atoms with E-state index in [4.69, 9.17) is 10.5 Å². The number of hydrogen-bond acceptors (Lipinski definition) is 3. The summed E-state index contributed by atoms with van der Waals surface area (Å²) in [7, 11) is 1.67. The van der Waals surface area contributed by atoms with Gasteiger partial charge in [-0.05, 0) is 48.2 Å². The van der Waals surface area contributed by atoms with Crippen molar-refractivity contribution in [2.45, 2.75) is 12.8 Å². The molecular formula is C20H21FN2O3. The minimum Gasteiger partial charge on any atom is -0.384 e. The number of primary amides is 1. The van der Waals surface area contributed by atoms with Gasteiger partial charge in [-0.3, -0.25) is 9.59 Å². The predicted molar refractivity (Wildman–Crippen MR) is 96.2 cm³/mol. The molecule has 5 nitrogen and oxygen atoms in total. The van der Waals surface area contributed by atoms with Crippen molar-refractivity contribution in [1.29, 1.82) is 0 Å². The second-order valence-electron chi connectivity index (χ2n) is 6.75. The number of nitrogens with one attached hydrogen (secondary N) is 1. The number of methoxy groups -OCH3 is 1. The van der Waals surface area contributed by atoms with Gasteiger partial charge in [0.05, 0.1) is 12.2 Å². The van der Waals surface area contributed by atoms with Gasteiger partial charge in [-0.1, -0.05) is 18.2 Å². The van der Waals surface area contributed by atoms with Crippen molar-refractivity contribution in [1.82, 2.24) is 5.32 Å². The van der Waals surface area contributed by atoms with Crippen LogP contribution in [-0.2, 0) is 4.74 Å². The Labute approximate surface area is 151 Å². The van der Waals surface area contributed by atoms with Crippen molar-refractivity contribution in [3.63, 3.8) is 0 Å². The zero-order valence-corrected chi connectivity index (χ0v) is 14.5. The van der Waals surface area contributed by atoms with E-state index < -0.39 is 11.7 Å². The second-order valence-corrected chi connectivity index (χ2v) is 6.75. The molecule has 0 radical (unpaired) electrons. The summed E-state index contributed by atoms with van der Waals surface area (Å²) in [6.45, 7) is 1.25. The first kappa shape index (κ1) is 18.1. The summed E-state index contributed by atoms with van der Waals surface area (Å²) in [6, 6.07) is 11.1. The van der Waals surface area contributed by atoms with Crippen LogP contribution < -0.4 is 11.1 Å². The monoisotopic (exact) mass is 356 g/mol. The van der Waals surface area contributed by atoms with Crippen molar-refractivity contribution in [2.24, 2.45) is 11.1 Å². The van der Waals surface area contributed by atoms with Gasteiger partial charge in [-0.2, -0.15) is 0 Å². The van der Waals surface area contributed by atoms with Gasteiger partial charge in [-0.15, -0.1) is 0 Å². The van der Waals surface area contributed by atoms with E-state index in [0.717, 1.165) is 18.4 Å². The van der Waals surface area contributed by atoms with Crippen LogP contribution in [0.4, 0.5) is 4.39 Å². The summed E-state index contributed by atoms with van der Waals surface area (Å²) in [5, 5.41) is 2.95. The molecule has 26 heavy (non-hydrogen) atoms. The molecule has 2 aromatic carbocycles. The van der Waals surface area contributed by atoms with E-state index in [1.807, 2.05) is 0 Å². The first-order valence-electron chi connectivity index (χ1n) is 8.41. The zero-order valence-electron chi connectivity index (χ0n) is 14.5. The number of halogens is 1. The van der Waals surface area contributed by atoms with Crippen LogP contribution in [0.1, 0.15) is 33.6 Å². The number of carbonyl (C=O) groups excluding carboxylic acids is 2. The fourth-order valence-electron chi connectivity index (χ4n) is 2.93. The molecule has 136 valence electrons. The minimum absolute atomic E-state index is 0.0869. The van der Waals surface area contributed by atoms with E-state index in [2.05, 4.69) is 5.32 Å². The zero-order chi connectivity index (χ0) is 18.7. The second kappa shape index (κ2) is 7.25. The SMILES string of the molecule is COCC1(CNC(=O)c2ccc(-c3ccc(F)c(C(N)=O)c3)cc2)CC1. The highest BCUT2D eigenvalue weighted by Gasteiger charge is 2.42. The summed E-state index contributed by atoms with van der Waals surface area (Å²) >= 11 is 0. The van der Waals surface area contributed by atoms with Crippen LogP contribution >= 0.6 is 0 Å². The molecule has 6 heteroatoms. The summed E-state index contributed by atoms with van der Waals surface area (Å²) in [6.07, 6.45) is 2.12. The average molecular weight is 356 g/mol. The van der Waals surface area contributed by atoms with Crippen molar-refractivity contribution in [2.75, 3.05) is 20.3 Å². The standard InChI is InChI=1S/C20H21FN2O3/c1-26-12-20(8-9-20)11-23-19(25)14-4-2-13(3-5-14)15-6-7-17(21)16(10-15)18(22)24/h2-7,10H,8-9,11-12H2,1H3,(H2,22,24)(H,23,25). The minimum atomic E-state index is -0.814. The Balaban J connectivity index is 1.69. The average Bonchev–Trinajstić information content (AvgIpc) is 3.40. The molecule has 1 aliphatic rings. The van der Waals surface area contributed by atoms with Crippen LogP contribution in [-0.4, -0.2) is 32.1 Å². The number of benzene rings is 2. The summed E-state index contributed by atoms with van der Waals surface area (Å²) in [4.78, 5) is 23.6. The van der Waals surface area contributed by atoms with Gasteiger partial charge in [0.15, 0.2) is 0 Å². The van der Waals surface area contributed by atoms with Crippen molar-refractivity contribution >= 4 is 11.8 Å². The lowest BCUT2D eigenvalue weighted by Gasteiger charge is -2.15. The maximum atomic E-state index is 13.6. The number of ether oxygens (including phenoxy) is 1. The van der Waals surface area contributed by atoms with Crippen LogP contribution in [0.25, 0.3) is 11.1 Å². The molecule has 0 unspecified atom stereocenters. The summed E-state index contributed by atoms with van der Waals surface area (Å²) in [5.74, 6) is -1.61. The maximum absolute atomic E-state index is 13.6. The largest absolute Gasteiger partial charge is 0.384 e. The molecule has 0 spiro atoms. The quantitative estimate of drug-likeness (QED) is 0.800. The lowest BCUT2D eigenvalue weighted by molar-refractivity contribution is 0.0918. The van der Waals surface area contributed by atoms with E-state index in [-0.39, 0.29) is 16.9 Å². The number of amides is 2. The molecule has 2 amide bonds. The molecule has 0 atom stereocenters. The highest BCUT2D eigenvalue weighted by molar-refractivity contribution is 5.96. The fraction of sp³-hybridized carbons (Fsp3) is 0.300. The van der Waals surface area contributed by atoms with Crippen molar-refractivity contribution in [3.8, 4) is 11.1 Å². The molecule has 0 heterocycles. The molecule has 1 saturated carbocycles. The van der Waals surface area contributed by atoms with Gasteiger partial charge in [0, 0.05) is 24.6 Å². The lowest BCUT2D eigenvalue weighted by Crippen LogP contribution is -2.32. The fourth-order valence-corrected chi connectivity index (χ4v) is 2.93. The Morgan fingerprint density at radius 1 is 1.15 bits per heavy atom. The smallest absolute Gasteiger partial charge is 0.251 e. The molecule has 1 aliphatic carbocycles. The van der Waals surface area contributed by atoms with E-state index in [1.54, 1.807) is 37.4 Å². The number of rotatable bonds is 7. The number of carbonyl (C=O) groups is 2. The van der Waals surface area contributed by atoms with Gasteiger partial charge in [0.25, 0.3) is 11.8 Å². The van der Waals surface area contributed by atoms with Crippen LogP contribution in [0.3, 0.4) is 0 Å². The maximum Gasteiger partial charge on any atom is 0.251 e. The molecule has 3 rings (SSSR count). The Bertz CT molecular complexity index is 829. The van der Waals surface area contributed by atoms with Gasteiger partial charge in [0.2, 0.25) is 0 Å². The van der Waals surface area contributed by atoms with Gasteiger partial charge >= 0.3 is 0 Å².